The average molecular weight is 408 g/mol. The Bertz CT molecular complexity index is 1100. The van der Waals surface area contributed by atoms with Gasteiger partial charge in [0, 0.05) is 6.07 Å². The lowest BCUT2D eigenvalue weighted by Gasteiger charge is -2.08. The standard InChI is InChI=1S/C19H15F3N2O3S/c1-14-6-5-9-16(12-14)24-18(13-17(23-24)19(20,21)22)27-28(25,26)11-10-15-7-3-2-4-8-15/h2-13H,1H3/b11-10+. The average Bonchev–Trinajstić information content (AvgIpc) is 3.04. The van der Waals surface area contributed by atoms with Crippen LogP contribution < -0.4 is 4.18 Å². The molecule has 1 aromatic heterocycles. The van der Waals surface area contributed by atoms with Crippen molar-refractivity contribution in [2.24, 2.45) is 0 Å². The molecule has 3 aromatic rings. The van der Waals surface area contributed by atoms with Crippen molar-refractivity contribution in [3.05, 3.63) is 82.9 Å². The number of rotatable bonds is 5. The predicted octanol–water partition coefficient (Wildman–Crippen LogP) is 4.58. The number of hydrogen-bond acceptors (Lipinski definition) is 4. The summed E-state index contributed by atoms with van der Waals surface area (Å²) < 4.78 is 69.5. The van der Waals surface area contributed by atoms with Crippen molar-refractivity contribution in [1.29, 1.82) is 0 Å². The summed E-state index contributed by atoms with van der Waals surface area (Å²) in [6.07, 6.45) is -3.47. The van der Waals surface area contributed by atoms with E-state index in [-0.39, 0.29) is 5.69 Å². The zero-order valence-electron chi connectivity index (χ0n) is 14.6. The number of alkyl halides is 3. The van der Waals surface area contributed by atoms with Crippen LogP contribution in [-0.4, -0.2) is 18.2 Å². The van der Waals surface area contributed by atoms with Crippen LogP contribution in [0, 0.1) is 6.92 Å². The van der Waals surface area contributed by atoms with Crippen molar-refractivity contribution in [3.63, 3.8) is 0 Å². The summed E-state index contributed by atoms with van der Waals surface area (Å²) in [7, 11) is -4.31. The van der Waals surface area contributed by atoms with Gasteiger partial charge in [-0.05, 0) is 36.3 Å². The van der Waals surface area contributed by atoms with Gasteiger partial charge in [-0.25, -0.2) is 0 Å². The highest BCUT2D eigenvalue weighted by atomic mass is 32.2. The lowest BCUT2D eigenvalue weighted by atomic mass is 10.2. The van der Waals surface area contributed by atoms with Gasteiger partial charge in [-0.15, -0.1) is 0 Å². The highest BCUT2D eigenvalue weighted by molar-refractivity contribution is 7.90. The smallest absolute Gasteiger partial charge is 0.358 e. The van der Waals surface area contributed by atoms with E-state index in [2.05, 4.69) is 5.10 Å². The molecule has 0 saturated heterocycles. The summed E-state index contributed by atoms with van der Waals surface area (Å²) >= 11 is 0. The maximum atomic E-state index is 13.1. The van der Waals surface area contributed by atoms with Gasteiger partial charge in [0.2, 0.25) is 5.88 Å². The van der Waals surface area contributed by atoms with Gasteiger partial charge >= 0.3 is 16.3 Å². The zero-order chi connectivity index (χ0) is 20.4. The Morgan fingerprint density at radius 1 is 1.04 bits per heavy atom. The van der Waals surface area contributed by atoms with Crippen LogP contribution in [0.2, 0.25) is 0 Å². The fourth-order valence-electron chi connectivity index (χ4n) is 2.38. The minimum Gasteiger partial charge on any atom is -0.358 e. The first-order chi connectivity index (χ1) is 13.1. The Balaban J connectivity index is 1.98. The molecule has 2 aromatic carbocycles. The number of halogens is 3. The molecule has 0 radical (unpaired) electrons. The second-order valence-electron chi connectivity index (χ2n) is 5.91. The van der Waals surface area contributed by atoms with Crippen molar-refractivity contribution >= 4 is 16.2 Å². The third kappa shape index (κ3) is 4.80. The number of aromatic nitrogens is 2. The van der Waals surface area contributed by atoms with E-state index in [1.54, 1.807) is 55.5 Å². The molecule has 1 heterocycles. The molecule has 0 spiro atoms. The molecule has 3 rings (SSSR count). The van der Waals surface area contributed by atoms with Crippen LogP contribution >= 0.6 is 0 Å². The van der Waals surface area contributed by atoms with Crippen LogP contribution in [0.15, 0.2) is 66.1 Å². The highest BCUT2D eigenvalue weighted by Crippen LogP contribution is 2.32. The first-order valence-corrected chi connectivity index (χ1v) is 9.53. The monoisotopic (exact) mass is 408 g/mol. The molecule has 146 valence electrons. The molecular formula is C19H15F3N2O3S. The van der Waals surface area contributed by atoms with Gasteiger partial charge in [-0.3, -0.25) is 0 Å². The third-order valence-corrected chi connectivity index (χ3v) is 4.51. The molecule has 0 N–H and O–H groups in total. The maximum absolute atomic E-state index is 13.1. The van der Waals surface area contributed by atoms with Gasteiger partial charge in [0.15, 0.2) is 5.69 Å². The molecule has 0 aliphatic carbocycles. The normalized spacial score (nSPS) is 12.4. The van der Waals surface area contributed by atoms with Crippen LogP contribution in [0.3, 0.4) is 0 Å². The second kappa shape index (κ2) is 7.51. The topological polar surface area (TPSA) is 61.2 Å². The maximum Gasteiger partial charge on any atom is 0.435 e. The number of nitrogens with zero attached hydrogens (tertiary/aromatic N) is 2. The molecule has 28 heavy (non-hydrogen) atoms. The molecule has 5 nitrogen and oxygen atoms in total. The molecule has 0 fully saturated rings. The molecule has 0 aliphatic heterocycles. The van der Waals surface area contributed by atoms with Gasteiger partial charge in [-0.2, -0.15) is 31.4 Å². The summed E-state index contributed by atoms with van der Waals surface area (Å²) in [4.78, 5) is 0. The fourth-order valence-corrected chi connectivity index (χ4v) is 3.12. The molecule has 0 amide bonds. The van der Waals surface area contributed by atoms with E-state index in [0.717, 1.165) is 15.7 Å². The number of aryl methyl sites for hydroxylation is 1. The first-order valence-electron chi connectivity index (χ1n) is 8.06. The summed E-state index contributed by atoms with van der Waals surface area (Å²) in [5, 5.41) is 4.25. The lowest BCUT2D eigenvalue weighted by Crippen LogP contribution is -2.10. The Labute approximate surface area is 159 Å². The van der Waals surface area contributed by atoms with Gasteiger partial charge in [0.05, 0.1) is 11.1 Å². The van der Waals surface area contributed by atoms with E-state index in [1.807, 2.05) is 0 Å². The number of benzene rings is 2. The van der Waals surface area contributed by atoms with Crippen molar-refractivity contribution in [3.8, 4) is 11.6 Å². The van der Waals surface area contributed by atoms with E-state index in [9.17, 15) is 21.6 Å². The zero-order valence-corrected chi connectivity index (χ0v) is 15.4. The van der Waals surface area contributed by atoms with E-state index in [4.69, 9.17) is 4.18 Å². The van der Waals surface area contributed by atoms with Crippen molar-refractivity contribution < 1.29 is 25.8 Å². The van der Waals surface area contributed by atoms with E-state index in [1.165, 1.54) is 12.1 Å². The Kier molecular flexibility index (Phi) is 5.28. The fraction of sp³-hybridized carbons (Fsp3) is 0.105. The van der Waals surface area contributed by atoms with Gasteiger partial charge in [0.1, 0.15) is 0 Å². The Morgan fingerprint density at radius 2 is 1.75 bits per heavy atom. The van der Waals surface area contributed by atoms with Crippen LogP contribution in [0.5, 0.6) is 5.88 Å². The lowest BCUT2D eigenvalue weighted by molar-refractivity contribution is -0.141. The molecular weight excluding hydrogens is 393 g/mol. The third-order valence-electron chi connectivity index (χ3n) is 3.64. The van der Waals surface area contributed by atoms with Crippen LogP contribution in [0.25, 0.3) is 11.8 Å². The van der Waals surface area contributed by atoms with Crippen molar-refractivity contribution in [2.75, 3.05) is 0 Å². The minimum absolute atomic E-state index is 0.243. The molecule has 0 saturated carbocycles. The molecule has 0 aliphatic rings. The molecule has 0 bridgehead atoms. The predicted molar refractivity (Wildman–Crippen MR) is 98.3 cm³/mol. The first kappa shape index (κ1) is 19.7. The minimum atomic E-state index is -4.75. The van der Waals surface area contributed by atoms with Crippen LogP contribution in [0.1, 0.15) is 16.8 Å². The molecule has 0 atom stereocenters. The molecule has 0 unspecified atom stereocenters. The van der Waals surface area contributed by atoms with Crippen LogP contribution in [-0.2, 0) is 16.3 Å². The van der Waals surface area contributed by atoms with Gasteiger partial charge in [0.25, 0.3) is 0 Å². The van der Waals surface area contributed by atoms with Gasteiger partial charge in [-0.1, -0.05) is 42.5 Å². The van der Waals surface area contributed by atoms with Crippen molar-refractivity contribution in [2.45, 2.75) is 13.1 Å². The Morgan fingerprint density at radius 3 is 2.39 bits per heavy atom. The quantitative estimate of drug-likeness (QED) is 0.580. The summed E-state index contributed by atoms with van der Waals surface area (Å²) in [5.41, 5.74) is 0.344. The second-order valence-corrected chi connectivity index (χ2v) is 7.33. The van der Waals surface area contributed by atoms with Gasteiger partial charge < -0.3 is 4.18 Å². The largest absolute Gasteiger partial charge is 0.435 e. The summed E-state index contributed by atoms with van der Waals surface area (Å²) in [6, 6.07) is 15.5. The van der Waals surface area contributed by atoms with E-state index < -0.39 is 27.9 Å². The summed E-state index contributed by atoms with van der Waals surface area (Å²) in [5.74, 6) is -0.560. The SMILES string of the molecule is Cc1cccc(-n2nc(C(F)(F)F)cc2OS(=O)(=O)/C=C/c2ccccc2)c1. The molecule has 9 heteroatoms. The van der Waals surface area contributed by atoms with E-state index >= 15 is 0 Å². The summed E-state index contributed by atoms with van der Waals surface area (Å²) in [6.45, 7) is 1.75. The number of hydrogen-bond donors (Lipinski definition) is 0. The van der Waals surface area contributed by atoms with Crippen LogP contribution in [0.4, 0.5) is 13.2 Å². The van der Waals surface area contributed by atoms with Crippen molar-refractivity contribution in [1.82, 2.24) is 9.78 Å². The Hall–Kier alpha value is -3.07. The van der Waals surface area contributed by atoms with E-state index in [0.29, 0.717) is 11.6 Å². The highest BCUT2D eigenvalue weighted by Gasteiger charge is 2.36.